The summed E-state index contributed by atoms with van der Waals surface area (Å²) >= 11 is 2.30. The lowest BCUT2D eigenvalue weighted by Crippen LogP contribution is -2.03. The van der Waals surface area contributed by atoms with E-state index < -0.39 is 0 Å². The molecule has 0 amide bonds. The Kier molecular flexibility index (Phi) is 6.81. The normalized spacial score (nSPS) is 11.2. The van der Waals surface area contributed by atoms with Crippen LogP contribution in [0.4, 0.5) is 23.0 Å². The van der Waals surface area contributed by atoms with E-state index in [0.29, 0.717) is 63.4 Å². The largest absolute Gasteiger partial charge is 0.494 e. The van der Waals surface area contributed by atoms with E-state index in [1.807, 2.05) is 35.5 Å². The maximum Gasteiger partial charge on any atom is 0.208 e. The van der Waals surface area contributed by atoms with Crippen LogP contribution in [0.5, 0.6) is 5.75 Å². The van der Waals surface area contributed by atoms with E-state index in [0.717, 1.165) is 5.82 Å². The molecular weight excluding hydrogens is 606 g/mol. The van der Waals surface area contributed by atoms with Gasteiger partial charge in [0.2, 0.25) is 5.82 Å². The summed E-state index contributed by atoms with van der Waals surface area (Å²) in [5, 5.41) is 28.3. The van der Waals surface area contributed by atoms with Crippen LogP contribution >= 0.6 is 28.4 Å². The van der Waals surface area contributed by atoms with Crippen LogP contribution in [0.25, 0.3) is 22.6 Å². The SMILES string of the molecule is COc1c(Nc2cc(Nc3cnc(C)c(C#N)n3)nc3c2nc(C)n3PI)cccc1-c1nnn(C)n1. The summed E-state index contributed by atoms with van der Waals surface area (Å²) < 4.78 is 7.78. The van der Waals surface area contributed by atoms with Crippen molar-refractivity contribution in [3.8, 4) is 23.2 Å². The number of hydrogen-bond acceptors (Lipinski definition) is 11. The average Bonchev–Trinajstić information content (AvgIpc) is 3.47. The number of aryl methyl sites for hydroxylation is 3. The van der Waals surface area contributed by atoms with E-state index in [1.165, 1.54) is 4.80 Å². The first kappa shape index (κ1) is 24.7. The highest BCUT2D eigenvalue weighted by molar-refractivity contribution is 14.2. The Hall–Kier alpha value is -3.96. The zero-order valence-electron chi connectivity index (χ0n) is 20.1. The van der Waals surface area contributed by atoms with Gasteiger partial charge in [-0.3, -0.25) is 9.32 Å². The van der Waals surface area contributed by atoms with Crippen LogP contribution < -0.4 is 15.4 Å². The molecule has 0 fully saturated rings. The molecule has 0 bridgehead atoms. The van der Waals surface area contributed by atoms with Crippen molar-refractivity contribution in [3.05, 3.63) is 47.7 Å². The summed E-state index contributed by atoms with van der Waals surface area (Å²) in [6.07, 6.45) is 1.96. The quantitative estimate of drug-likeness (QED) is 0.197. The predicted molar refractivity (Wildman–Crippen MR) is 149 cm³/mol. The first-order valence-electron chi connectivity index (χ1n) is 10.9. The van der Waals surface area contributed by atoms with Crippen molar-refractivity contribution >= 4 is 62.6 Å². The van der Waals surface area contributed by atoms with E-state index in [9.17, 15) is 5.26 Å². The van der Waals surface area contributed by atoms with Crippen molar-refractivity contribution in [1.82, 2.24) is 44.5 Å². The maximum absolute atomic E-state index is 9.34. The van der Waals surface area contributed by atoms with Crippen LogP contribution in [-0.2, 0) is 7.05 Å². The zero-order chi connectivity index (χ0) is 26.1. The number of fused-ring (bicyclic) bond motifs is 1. The van der Waals surface area contributed by atoms with Crippen molar-refractivity contribution < 1.29 is 4.74 Å². The maximum atomic E-state index is 9.34. The van der Waals surface area contributed by atoms with Gasteiger partial charge in [-0.25, -0.2) is 15.0 Å². The number of benzene rings is 1. The standard InChI is InChI=1S/C22H20IN12OP/c1-11-16(9-24)28-18(10-25-11)29-17-8-15(19-22(30-17)35(37-23)12(2)26-19)27-14-7-5-6-13(20(14)36-4)21-31-33-34(3)32-21/h5-8,10,37H,1-4H3,(H2,27,28,29,30). The van der Waals surface area contributed by atoms with Gasteiger partial charge in [0.05, 0.1) is 49.4 Å². The molecule has 5 rings (SSSR count). The van der Waals surface area contributed by atoms with E-state index in [4.69, 9.17) is 14.7 Å². The van der Waals surface area contributed by atoms with E-state index in [2.05, 4.69) is 64.1 Å². The molecule has 0 spiro atoms. The Labute approximate surface area is 226 Å². The fourth-order valence-corrected chi connectivity index (χ4v) is 5.87. The number of nitrogens with one attached hydrogen (secondary N) is 2. The number of methoxy groups -OCH3 is 1. The topological polar surface area (TPSA) is 157 Å². The second-order valence-electron chi connectivity index (χ2n) is 7.85. The molecule has 1 aromatic carbocycles. The minimum atomic E-state index is 0.248. The first-order valence-corrected chi connectivity index (χ1v) is 14.9. The highest BCUT2D eigenvalue weighted by atomic mass is 127. The third-order valence-corrected chi connectivity index (χ3v) is 7.57. The summed E-state index contributed by atoms with van der Waals surface area (Å²) in [5.74, 6) is 2.76. The first-order chi connectivity index (χ1) is 17.9. The number of nitrogens with zero attached hydrogens (tertiary/aromatic N) is 10. The van der Waals surface area contributed by atoms with Crippen molar-refractivity contribution in [3.63, 3.8) is 0 Å². The average molecular weight is 626 g/mol. The number of para-hydroxylation sites is 1. The highest BCUT2D eigenvalue weighted by Crippen LogP contribution is 2.39. The Morgan fingerprint density at radius 3 is 2.65 bits per heavy atom. The Bertz CT molecular complexity index is 1670. The molecule has 0 saturated carbocycles. The molecule has 5 aromatic rings. The summed E-state index contributed by atoms with van der Waals surface area (Å²) in [5.41, 5.74) is 4.29. The molecule has 0 aliphatic rings. The Morgan fingerprint density at radius 1 is 1.11 bits per heavy atom. The smallest absolute Gasteiger partial charge is 0.208 e. The fourth-order valence-electron chi connectivity index (χ4n) is 3.73. The number of ether oxygens (including phenoxy) is 1. The monoisotopic (exact) mass is 626 g/mol. The number of nitriles is 1. The van der Waals surface area contributed by atoms with Crippen LogP contribution in [0.3, 0.4) is 0 Å². The number of pyridine rings is 1. The second kappa shape index (κ2) is 10.2. The lowest BCUT2D eigenvalue weighted by atomic mass is 10.1. The van der Waals surface area contributed by atoms with Gasteiger partial charge in [0.25, 0.3) is 0 Å². The van der Waals surface area contributed by atoms with E-state index in [1.54, 1.807) is 27.3 Å². The van der Waals surface area contributed by atoms with Crippen LogP contribution in [0.15, 0.2) is 30.5 Å². The molecular formula is C22H20IN12OP. The summed E-state index contributed by atoms with van der Waals surface area (Å²) in [4.78, 5) is 19.6. The molecule has 1 atom stereocenters. The molecule has 0 aliphatic heterocycles. The second-order valence-corrected chi connectivity index (χ2v) is 9.91. The van der Waals surface area contributed by atoms with Crippen molar-refractivity contribution in [2.24, 2.45) is 7.05 Å². The van der Waals surface area contributed by atoms with Crippen LogP contribution in [0.2, 0.25) is 0 Å². The molecule has 186 valence electrons. The number of hydrogen-bond donors (Lipinski definition) is 2. The lowest BCUT2D eigenvalue weighted by molar-refractivity contribution is 0.418. The molecule has 0 aliphatic carbocycles. The predicted octanol–water partition coefficient (Wildman–Crippen LogP) is 4.19. The van der Waals surface area contributed by atoms with Crippen molar-refractivity contribution in [1.29, 1.82) is 5.26 Å². The molecule has 15 heteroatoms. The molecule has 1 unspecified atom stereocenters. The zero-order valence-corrected chi connectivity index (χ0v) is 23.3. The molecule has 37 heavy (non-hydrogen) atoms. The number of halogens is 1. The molecule has 0 radical (unpaired) electrons. The minimum Gasteiger partial charge on any atom is -0.494 e. The molecule has 0 saturated heterocycles. The Balaban J connectivity index is 1.61. The summed E-state index contributed by atoms with van der Waals surface area (Å²) in [7, 11) is 3.30. The number of imidazole rings is 1. The van der Waals surface area contributed by atoms with Crippen LogP contribution in [0, 0.1) is 25.2 Å². The number of aromatic nitrogens is 9. The van der Waals surface area contributed by atoms with Gasteiger partial charge in [-0.05, 0) is 53.2 Å². The third kappa shape index (κ3) is 4.75. The van der Waals surface area contributed by atoms with Gasteiger partial charge in [0.1, 0.15) is 23.2 Å². The fraction of sp³-hybridized carbons (Fsp3) is 0.182. The van der Waals surface area contributed by atoms with Gasteiger partial charge in [-0.2, -0.15) is 10.1 Å². The summed E-state index contributed by atoms with van der Waals surface area (Å²) in [6, 6.07) is 9.54. The van der Waals surface area contributed by atoms with E-state index in [-0.39, 0.29) is 5.69 Å². The number of tetrazole rings is 1. The third-order valence-electron chi connectivity index (χ3n) is 5.42. The minimum absolute atomic E-state index is 0.248. The molecule has 4 heterocycles. The Morgan fingerprint density at radius 2 is 1.95 bits per heavy atom. The van der Waals surface area contributed by atoms with Gasteiger partial charge in [-0.15, -0.1) is 10.2 Å². The number of rotatable bonds is 7. The van der Waals surface area contributed by atoms with Gasteiger partial charge in [0, 0.05) is 6.07 Å². The van der Waals surface area contributed by atoms with Gasteiger partial charge < -0.3 is 15.4 Å². The highest BCUT2D eigenvalue weighted by Gasteiger charge is 2.19. The van der Waals surface area contributed by atoms with Crippen molar-refractivity contribution in [2.75, 3.05) is 17.7 Å². The van der Waals surface area contributed by atoms with Crippen LogP contribution in [0.1, 0.15) is 17.2 Å². The van der Waals surface area contributed by atoms with Gasteiger partial charge in [0.15, 0.2) is 22.9 Å². The van der Waals surface area contributed by atoms with Gasteiger partial charge in [-0.1, -0.05) is 6.07 Å². The lowest BCUT2D eigenvalue weighted by Gasteiger charge is -2.15. The van der Waals surface area contributed by atoms with Crippen LogP contribution in [-0.4, -0.2) is 51.6 Å². The molecule has 13 nitrogen and oxygen atoms in total. The number of anilines is 4. The molecule has 4 aromatic heterocycles. The summed E-state index contributed by atoms with van der Waals surface area (Å²) in [6.45, 7) is 3.68. The van der Waals surface area contributed by atoms with E-state index >= 15 is 0 Å². The molecule has 2 N–H and O–H groups in total. The van der Waals surface area contributed by atoms with Gasteiger partial charge >= 0.3 is 0 Å². The van der Waals surface area contributed by atoms with Crippen molar-refractivity contribution in [2.45, 2.75) is 13.8 Å².